The van der Waals surface area contributed by atoms with Gasteiger partial charge >= 0.3 is 6.18 Å². The first-order valence-electron chi connectivity index (χ1n) is 5.56. The molecule has 1 amide bonds. The first-order chi connectivity index (χ1) is 9.68. The third-order valence-corrected chi connectivity index (χ3v) is 2.87. The zero-order chi connectivity index (χ0) is 15.8. The summed E-state index contributed by atoms with van der Waals surface area (Å²) < 4.78 is 51.3. The van der Waals surface area contributed by atoms with Crippen molar-refractivity contribution in [2.75, 3.05) is 5.32 Å². The van der Waals surface area contributed by atoms with Crippen LogP contribution in [0.2, 0.25) is 5.02 Å². The van der Waals surface area contributed by atoms with Gasteiger partial charge in [0.05, 0.1) is 5.02 Å². The minimum atomic E-state index is -4.64. The molecule has 2 rings (SSSR count). The molecule has 21 heavy (non-hydrogen) atoms. The number of rotatable bonds is 2. The molecule has 0 aliphatic heterocycles. The van der Waals surface area contributed by atoms with Gasteiger partial charge < -0.3 is 5.32 Å². The molecule has 0 spiro atoms. The molecule has 9 heteroatoms. The zero-order valence-electron chi connectivity index (χ0n) is 10.5. The van der Waals surface area contributed by atoms with Gasteiger partial charge in [0.15, 0.2) is 5.69 Å². The Balaban J connectivity index is 2.24. The number of aromatic nitrogens is 2. The van der Waals surface area contributed by atoms with Crippen molar-refractivity contribution >= 4 is 23.2 Å². The predicted molar refractivity (Wildman–Crippen MR) is 67.6 cm³/mol. The minimum Gasteiger partial charge on any atom is -0.321 e. The van der Waals surface area contributed by atoms with Crippen LogP contribution in [0.3, 0.4) is 0 Å². The molecule has 1 heterocycles. The van der Waals surface area contributed by atoms with Crippen LogP contribution in [0, 0.1) is 5.82 Å². The van der Waals surface area contributed by atoms with Gasteiger partial charge in [0.25, 0.3) is 5.91 Å². The highest BCUT2D eigenvalue weighted by Gasteiger charge is 2.35. The maximum Gasteiger partial charge on any atom is 0.435 e. The van der Waals surface area contributed by atoms with Gasteiger partial charge in [0, 0.05) is 18.8 Å². The van der Waals surface area contributed by atoms with Crippen molar-refractivity contribution < 1.29 is 22.4 Å². The Labute approximate surface area is 121 Å². The van der Waals surface area contributed by atoms with Gasteiger partial charge in [-0.1, -0.05) is 11.6 Å². The number of aryl methyl sites for hydroxylation is 1. The van der Waals surface area contributed by atoms with Gasteiger partial charge in [-0.15, -0.1) is 0 Å². The molecule has 0 radical (unpaired) electrons. The Morgan fingerprint density at radius 2 is 2.00 bits per heavy atom. The van der Waals surface area contributed by atoms with Crippen molar-refractivity contribution in [3.05, 3.63) is 46.5 Å². The lowest BCUT2D eigenvalue weighted by Gasteiger charge is -2.05. The molecule has 1 N–H and O–H groups in total. The number of nitrogens with zero attached hydrogens (tertiary/aromatic N) is 2. The van der Waals surface area contributed by atoms with E-state index in [1.807, 2.05) is 0 Å². The van der Waals surface area contributed by atoms with Crippen LogP contribution in [0.15, 0.2) is 24.3 Å². The monoisotopic (exact) mass is 321 g/mol. The Hall–Kier alpha value is -2.09. The van der Waals surface area contributed by atoms with Crippen LogP contribution in [0.25, 0.3) is 0 Å². The summed E-state index contributed by atoms with van der Waals surface area (Å²) in [5.41, 5.74) is -1.31. The van der Waals surface area contributed by atoms with Crippen LogP contribution in [0.5, 0.6) is 0 Å². The molecule has 1 aromatic carbocycles. The number of nitrogens with one attached hydrogen (secondary N) is 1. The highest BCUT2D eigenvalue weighted by Crippen LogP contribution is 2.28. The smallest absolute Gasteiger partial charge is 0.321 e. The molecule has 0 aliphatic carbocycles. The lowest BCUT2D eigenvalue weighted by molar-refractivity contribution is -0.141. The minimum absolute atomic E-state index is 0.154. The molecule has 0 unspecified atom stereocenters. The van der Waals surface area contributed by atoms with Crippen molar-refractivity contribution in [3.63, 3.8) is 0 Å². The second kappa shape index (κ2) is 5.36. The summed E-state index contributed by atoms with van der Waals surface area (Å²) in [6, 6.07) is 4.04. The maximum absolute atomic E-state index is 13.0. The van der Waals surface area contributed by atoms with Crippen LogP contribution in [-0.4, -0.2) is 15.7 Å². The number of alkyl halides is 3. The van der Waals surface area contributed by atoms with E-state index in [2.05, 4.69) is 10.4 Å². The third kappa shape index (κ3) is 3.33. The SMILES string of the molecule is Cn1nc(C(F)(F)F)cc1C(=O)Nc1ccc(F)c(Cl)c1. The summed E-state index contributed by atoms with van der Waals surface area (Å²) >= 11 is 5.55. The molecule has 0 saturated heterocycles. The highest BCUT2D eigenvalue weighted by molar-refractivity contribution is 6.31. The van der Waals surface area contributed by atoms with Crippen LogP contribution >= 0.6 is 11.6 Å². The summed E-state index contributed by atoms with van der Waals surface area (Å²) in [4.78, 5) is 11.9. The van der Waals surface area contributed by atoms with Gasteiger partial charge in [-0.2, -0.15) is 18.3 Å². The van der Waals surface area contributed by atoms with Crippen LogP contribution in [0.4, 0.5) is 23.2 Å². The highest BCUT2D eigenvalue weighted by atomic mass is 35.5. The fourth-order valence-corrected chi connectivity index (χ4v) is 1.77. The van der Waals surface area contributed by atoms with Gasteiger partial charge in [-0.25, -0.2) is 4.39 Å². The molecule has 4 nitrogen and oxygen atoms in total. The number of anilines is 1. The van der Waals surface area contributed by atoms with E-state index in [4.69, 9.17) is 11.6 Å². The Kier molecular flexibility index (Phi) is 3.91. The van der Waals surface area contributed by atoms with Crippen molar-refractivity contribution in [2.24, 2.45) is 7.05 Å². The summed E-state index contributed by atoms with van der Waals surface area (Å²) in [5, 5.41) is 5.32. The predicted octanol–water partition coefficient (Wildman–Crippen LogP) is 3.48. The maximum atomic E-state index is 13.0. The largest absolute Gasteiger partial charge is 0.435 e. The molecule has 0 saturated carbocycles. The van der Waals surface area contributed by atoms with Gasteiger partial charge in [-0.05, 0) is 18.2 Å². The summed E-state index contributed by atoms with van der Waals surface area (Å²) in [6.45, 7) is 0. The van der Waals surface area contributed by atoms with Crippen molar-refractivity contribution in [3.8, 4) is 0 Å². The average Bonchev–Trinajstić information content (AvgIpc) is 2.76. The van der Waals surface area contributed by atoms with Gasteiger partial charge in [0.1, 0.15) is 11.5 Å². The Morgan fingerprint density at radius 1 is 1.33 bits per heavy atom. The van der Waals surface area contributed by atoms with Crippen LogP contribution in [-0.2, 0) is 13.2 Å². The first-order valence-corrected chi connectivity index (χ1v) is 5.94. The van der Waals surface area contributed by atoms with E-state index in [9.17, 15) is 22.4 Å². The molecule has 0 atom stereocenters. The molecule has 0 aliphatic rings. The van der Waals surface area contributed by atoms with E-state index in [1.165, 1.54) is 13.1 Å². The van der Waals surface area contributed by atoms with E-state index in [0.717, 1.165) is 16.8 Å². The summed E-state index contributed by atoms with van der Waals surface area (Å²) in [7, 11) is 1.21. The van der Waals surface area contributed by atoms with Gasteiger partial charge in [-0.3, -0.25) is 9.48 Å². The number of benzene rings is 1. The quantitative estimate of drug-likeness (QED) is 0.861. The Bertz CT molecular complexity index is 696. The molecular weight excluding hydrogens is 314 g/mol. The molecule has 112 valence electrons. The van der Waals surface area contributed by atoms with E-state index >= 15 is 0 Å². The average molecular weight is 322 g/mol. The third-order valence-electron chi connectivity index (χ3n) is 2.58. The molecule has 0 fully saturated rings. The van der Waals surface area contributed by atoms with E-state index in [0.29, 0.717) is 6.07 Å². The van der Waals surface area contributed by atoms with E-state index < -0.39 is 23.6 Å². The number of halogens is 5. The number of hydrogen-bond donors (Lipinski definition) is 1. The number of carbonyl (C=O) groups excluding carboxylic acids is 1. The molecule has 2 aromatic rings. The fraction of sp³-hybridized carbons (Fsp3) is 0.167. The van der Waals surface area contributed by atoms with E-state index in [-0.39, 0.29) is 16.4 Å². The van der Waals surface area contributed by atoms with Crippen LogP contribution in [0.1, 0.15) is 16.2 Å². The van der Waals surface area contributed by atoms with E-state index in [1.54, 1.807) is 0 Å². The second-order valence-electron chi connectivity index (χ2n) is 4.12. The van der Waals surface area contributed by atoms with Gasteiger partial charge in [0.2, 0.25) is 0 Å². The lowest BCUT2D eigenvalue weighted by Crippen LogP contribution is -2.16. The standard InChI is InChI=1S/C12H8ClF4N3O/c1-20-9(5-10(19-20)12(15,16)17)11(21)18-6-2-3-8(14)7(13)4-6/h2-5H,1H3,(H,18,21). The second-order valence-corrected chi connectivity index (χ2v) is 4.53. The normalized spacial score (nSPS) is 11.5. The topological polar surface area (TPSA) is 46.9 Å². The molecule has 1 aromatic heterocycles. The number of amides is 1. The molecular formula is C12H8ClF4N3O. The Morgan fingerprint density at radius 3 is 2.52 bits per heavy atom. The van der Waals surface area contributed by atoms with Crippen LogP contribution < -0.4 is 5.32 Å². The fourth-order valence-electron chi connectivity index (χ4n) is 1.59. The number of carbonyl (C=O) groups is 1. The summed E-state index contributed by atoms with van der Waals surface area (Å²) in [5.74, 6) is -1.49. The summed E-state index contributed by atoms with van der Waals surface area (Å²) in [6.07, 6.45) is -4.64. The number of hydrogen-bond acceptors (Lipinski definition) is 2. The first kappa shape index (κ1) is 15.3. The van der Waals surface area contributed by atoms with Crippen molar-refractivity contribution in [1.82, 2.24) is 9.78 Å². The lowest BCUT2D eigenvalue weighted by atomic mass is 10.3. The van der Waals surface area contributed by atoms with Crippen molar-refractivity contribution in [1.29, 1.82) is 0 Å². The zero-order valence-corrected chi connectivity index (χ0v) is 11.3. The van der Waals surface area contributed by atoms with Crippen molar-refractivity contribution in [2.45, 2.75) is 6.18 Å². The molecule has 0 bridgehead atoms.